The summed E-state index contributed by atoms with van der Waals surface area (Å²) in [5.74, 6) is 0.122. The Hall–Kier alpha value is -1.85. The van der Waals surface area contributed by atoms with Crippen molar-refractivity contribution in [2.45, 2.75) is 78.1 Å². The van der Waals surface area contributed by atoms with Crippen molar-refractivity contribution in [3.63, 3.8) is 0 Å². The maximum absolute atomic E-state index is 13.2. The van der Waals surface area contributed by atoms with Crippen molar-refractivity contribution in [2.75, 3.05) is 26.9 Å². The number of allylic oxidation sites excluding steroid dienone is 1. The molecule has 1 saturated carbocycles. The Morgan fingerprint density at radius 3 is 2.71 bits per heavy atom. The molecule has 34 heavy (non-hydrogen) atoms. The number of amides is 1. The number of nitrogens with zero attached hydrogens (tertiary/aromatic N) is 1. The molecule has 2 unspecified atom stereocenters. The first-order valence-electron chi connectivity index (χ1n) is 12.5. The highest BCUT2D eigenvalue weighted by atomic mass is 35.5. The first kappa shape index (κ1) is 26.7. The van der Waals surface area contributed by atoms with E-state index in [-0.39, 0.29) is 29.1 Å². The van der Waals surface area contributed by atoms with Crippen molar-refractivity contribution in [3.05, 3.63) is 46.1 Å². The minimum atomic E-state index is -0.331. The van der Waals surface area contributed by atoms with E-state index in [1.807, 2.05) is 6.20 Å². The molecule has 1 fully saturated rings. The van der Waals surface area contributed by atoms with Crippen LogP contribution in [0.4, 0.5) is 0 Å². The number of methoxy groups -OCH3 is 1. The van der Waals surface area contributed by atoms with Crippen LogP contribution in [0.25, 0.3) is 0 Å². The van der Waals surface area contributed by atoms with Gasteiger partial charge in [-0.15, -0.1) is 0 Å². The monoisotopic (exact) mass is 489 g/mol. The van der Waals surface area contributed by atoms with Gasteiger partial charge in [-0.05, 0) is 73.1 Å². The lowest BCUT2D eigenvalue weighted by molar-refractivity contribution is -0.143. The predicted octanol–water partition coefficient (Wildman–Crippen LogP) is 6.07. The lowest BCUT2D eigenvalue weighted by Crippen LogP contribution is -2.42. The fourth-order valence-electron chi connectivity index (χ4n) is 5.29. The van der Waals surface area contributed by atoms with E-state index in [2.05, 4.69) is 39.0 Å². The third kappa shape index (κ3) is 6.23. The van der Waals surface area contributed by atoms with E-state index in [1.165, 1.54) is 5.57 Å². The van der Waals surface area contributed by atoms with Crippen LogP contribution in [0.2, 0.25) is 5.02 Å². The van der Waals surface area contributed by atoms with Crippen LogP contribution >= 0.6 is 11.6 Å². The Kier molecular flexibility index (Phi) is 8.86. The molecule has 1 aromatic rings. The fraction of sp³-hybridized carbons (Fsp3) is 0.643. The number of esters is 1. The van der Waals surface area contributed by atoms with Crippen LogP contribution in [0.5, 0.6) is 0 Å². The Bertz CT molecular complexity index is 919. The summed E-state index contributed by atoms with van der Waals surface area (Å²) in [7, 11) is 1.72. The second-order valence-corrected chi connectivity index (χ2v) is 11.3. The van der Waals surface area contributed by atoms with Crippen LogP contribution < -0.4 is 0 Å². The van der Waals surface area contributed by atoms with Gasteiger partial charge in [-0.3, -0.25) is 9.59 Å². The molecular formula is C28H40ClNO4. The zero-order valence-electron chi connectivity index (χ0n) is 21.4. The Labute approximate surface area is 209 Å². The highest BCUT2D eigenvalue weighted by molar-refractivity contribution is 6.31. The zero-order chi connectivity index (χ0) is 24.9. The van der Waals surface area contributed by atoms with Crippen LogP contribution in [0.15, 0.2) is 30.0 Å². The van der Waals surface area contributed by atoms with Crippen molar-refractivity contribution < 1.29 is 19.1 Å². The molecule has 1 amide bonds. The third-order valence-electron chi connectivity index (χ3n) is 7.26. The quantitative estimate of drug-likeness (QED) is 0.374. The summed E-state index contributed by atoms with van der Waals surface area (Å²) in [6.07, 6.45) is 7.47. The summed E-state index contributed by atoms with van der Waals surface area (Å²) in [5, 5.41) is 0.785. The Balaban J connectivity index is 1.90. The third-order valence-corrected chi connectivity index (χ3v) is 7.61. The summed E-state index contributed by atoms with van der Waals surface area (Å²) < 4.78 is 10.4. The molecule has 1 aromatic carbocycles. The summed E-state index contributed by atoms with van der Waals surface area (Å²) in [4.78, 5) is 26.8. The highest BCUT2D eigenvalue weighted by Gasteiger charge is 2.49. The molecule has 1 aliphatic heterocycles. The summed E-state index contributed by atoms with van der Waals surface area (Å²) >= 11 is 6.78. The first-order valence-corrected chi connectivity index (χ1v) is 12.9. The number of benzene rings is 1. The number of fused-ring (bicyclic) bond motifs is 1. The van der Waals surface area contributed by atoms with Crippen LogP contribution in [-0.4, -0.2) is 43.6 Å². The van der Waals surface area contributed by atoms with Gasteiger partial charge in [-0.25, -0.2) is 0 Å². The molecule has 0 saturated heterocycles. The number of halogens is 1. The molecule has 188 valence electrons. The van der Waals surface area contributed by atoms with Crippen molar-refractivity contribution >= 4 is 23.5 Å². The number of hydrogen-bond donors (Lipinski definition) is 0. The molecule has 2 aliphatic rings. The normalized spacial score (nSPS) is 22.5. The minimum absolute atomic E-state index is 0.0494. The van der Waals surface area contributed by atoms with E-state index < -0.39 is 0 Å². The van der Waals surface area contributed by atoms with Crippen molar-refractivity contribution in [1.29, 1.82) is 0 Å². The number of hydrogen-bond acceptors (Lipinski definition) is 4. The van der Waals surface area contributed by atoms with Crippen molar-refractivity contribution in [3.8, 4) is 0 Å². The maximum atomic E-state index is 13.2. The molecule has 6 heteroatoms. The summed E-state index contributed by atoms with van der Waals surface area (Å²) in [5.41, 5.74) is 3.48. The lowest BCUT2D eigenvalue weighted by Gasteiger charge is -2.39. The number of carbonyl (C=O) groups is 2. The number of aryl methyl sites for hydroxylation is 1. The van der Waals surface area contributed by atoms with Gasteiger partial charge in [0.25, 0.3) is 0 Å². The first-order chi connectivity index (χ1) is 16.1. The van der Waals surface area contributed by atoms with Gasteiger partial charge >= 0.3 is 5.97 Å². The molecule has 3 rings (SSSR count). The largest absolute Gasteiger partial charge is 0.466 e. The van der Waals surface area contributed by atoms with Crippen LogP contribution in [0.1, 0.15) is 77.3 Å². The molecule has 2 atom stereocenters. The van der Waals surface area contributed by atoms with E-state index in [1.54, 1.807) is 18.9 Å². The molecule has 0 radical (unpaired) electrons. The molecule has 0 N–H and O–H groups in total. The highest BCUT2D eigenvalue weighted by Crippen LogP contribution is 2.54. The molecule has 0 aromatic heterocycles. The SMILES string of the molecule is CCOC(=O)CCN1C=C2C(CCOC)CCC2(c2ccc(CCC(C)(C)C)c(Cl)c2)CC1=O. The second-order valence-electron chi connectivity index (χ2n) is 10.9. The Morgan fingerprint density at radius 2 is 2.06 bits per heavy atom. The molecule has 1 heterocycles. The van der Waals surface area contributed by atoms with Gasteiger partial charge < -0.3 is 14.4 Å². The molecule has 0 bridgehead atoms. The number of carbonyl (C=O) groups excluding carboxylic acids is 2. The van der Waals surface area contributed by atoms with Gasteiger partial charge in [-0.1, -0.05) is 44.5 Å². The number of ether oxygens (including phenoxy) is 2. The topological polar surface area (TPSA) is 55.8 Å². The fourth-order valence-corrected chi connectivity index (χ4v) is 5.57. The van der Waals surface area contributed by atoms with E-state index in [4.69, 9.17) is 21.1 Å². The smallest absolute Gasteiger partial charge is 0.307 e. The van der Waals surface area contributed by atoms with Gasteiger partial charge in [0.1, 0.15) is 0 Å². The van der Waals surface area contributed by atoms with Crippen molar-refractivity contribution in [1.82, 2.24) is 4.90 Å². The number of rotatable bonds is 10. The minimum Gasteiger partial charge on any atom is -0.466 e. The van der Waals surface area contributed by atoms with E-state index >= 15 is 0 Å². The van der Waals surface area contributed by atoms with Crippen LogP contribution in [-0.2, 0) is 30.9 Å². The predicted molar refractivity (Wildman–Crippen MR) is 136 cm³/mol. The Morgan fingerprint density at radius 1 is 1.29 bits per heavy atom. The zero-order valence-corrected chi connectivity index (χ0v) is 22.2. The van der Waals surface area contributed by atoms with E-state index in [0.29, 0.717) is 32.1 Å². The van der Waals surface area contributed by atoms with Gasteiger partial charge in [0.15, 0.2) is 0 Å². The second kappa shape index (κ2) is 11.3. The average Bonchev–Trinajstić information content (AvgIpc) is 3.13. The van der Waals surface area contributed by atoms with Crippen LogP contribution in [0.3, 0.4) is 0 Å². The van der Waals surface area contributed by atoms with Gasteiger partial charge in [0, 0.05) is 43.3 Å². The summed E-state index contributed by atoms with van der Waals surface area (Å²) in [6, 6.07) is 6.42. The van der Waals surface area contributed by atoms with Crippen LogP contribution in [0, 0.1) is 11.3 Å². The molecular weight excluding hydrogens is 450 g/mol. The lowest BCUT2D eigenvalue weighted by atomic mass is 9.70. The van der Waals surface area contributed by atoms with E-state index in [9.17, 15) is 9.59 Å². The van der Waals surface area contributed by atoms with Gasteiger partial charge in [-0.2, -0.15) is 0 Å². The summed E-state index contributed by atoms with van der Waals surface area (Å²) in [6.45, 7) is 9.89. The standard InChI is InChI=1S/C28H40ClNO4/c1-6-34-26(32)11-15-30-19-23-20(12-16-33-5)10-14-28(23,18-25(30)31)22-8-7-21(24(29)17-22)9-13-27(2,3)4/h7-8,17,19-20H,6,9-16,18H2,1-5H3. The molecule has 1 aliphatic carbocycles. The maximum Gasteiger partial charge on any atom is 0.307 e. The average molecular weight is 490 g/mol. The molecule has 5 nitrogen and oxygen atoms in total. The van der Waals surface area contributed by atoms with Gasteiger partial charge in [0.2, 0.25) is 5.91 Å². The molecule has 0 spiro atoms. The van der Waals surface area contributed by atoms with Gasteiger partial charge in [0.05, 0.1) is 13.0 Å². The van der Waals surface area contributed by atoms with Crippen molar-refractivity contribution in [2.24, 2.45) is 11.3 Å². The van der Waals surface area contributed by atoms with E-state index in [0.717, 1.165) is 48.3 Å².